The number of halogens is 2. The summed E-state index contributed by atoms with van der Waals surface area (Å²) in [5.41, 5.74) is 0.329. The lowest BCUT2D eigenvalue weighted by atomic mass is 9.51. The number of carbonyl (C=O) groups is 4. The van der Waals surface area contributed by atoms with Crippen molar-refractivity contribution in [3.05, 3.63) is 64.5 Å². The van der Waals surface area contributed by atoms with Crippen LogP contribution in [-0.2, 0) is 19.2 Å². The van der Waals surface area contributed by atoms with E-state index in [1.165, 1.54) is 25.3 Å². The van der Waals surface area contributed by atoms with Crippen LogP contribution >= 0.6 is 11.6 Å². The number of nitrogens with zero attached hydrogens (tertiary/aromatic N) is 1. The Morgan fingerprint density at radius 3 is 2.58 bits per heavy atom. The Bertz CT molecular complexity index is 1470. The number of methoxy groups -OCH3 is 1. The first-order chi connectivity index (χ1) is 18.1. The van der Waals surface area contributed by atoms with Crippen molar-refractivity contribution in [1.29, 1.82) is 0 Å². The lowest BCUT2D eigenvalue weighted by Crippen LogP contribution is -2.48. The largest absolute Gasteiger partial charge is 0.504 e. The number of phenols is 1. The van der Waals surface area contributed by atoms with Crippen molar-refractivity contribution in [1.82, 2.24) is 5.32 Å². The van der Waals surface area contributed by atoms with Crippen LogP contribution in [0.1, 0.15) is 31.2 Å². The standard InChI is InChI=1S/C28H24ClFN2O6/c1-28-17(26(36)32(27(28)37)13-4-7-19(30)18(29)10-13)11-16-14(5-6-15-22(16)25(35)31-24(15)34)23(28)12-3-8-20(33)21(9-12)38-2/h3-5,7-10,15-17,22-23,33H,6,11H2,1-2H3,(H,31,34,35). The van der Waals surface area contributed by atoms with E-state index < -0.39 is 52.6 Å². The summed E-state index contributed by atoms with van der Waals surface area (Å²) in [6.07, 6.45) is 2.45. The topological polar surface area (TPSA) is 113 Å². The van der Waals surface area contributed by atoms with E-state index in [9.17, 15) is 28.7 Å². The number of ether oxygens (including phenoxy) is 1. The van der Waals surface area contributed by atoms with Gasteiger partial charge in [0, 0.05) is 5.92 Å². The average molecular weight is 539 g/mol. The number of aromatic hydroxyl groups is 1. The van der Waals surface area contributed by atoms with Crippen LogP contribution in [0.15, 0.2) is 48.0 Å². The van der Waals surface area contributed by atoms with Gasteiger partial charge in [-0.1, -0.05) is 29.3 Å². The van der Waals surface area contributed by atoms with Crippen LogP contribution in [0, 0.1) is 34.9 Å². The van der Waals surface area contributed by atoms with E-state index in [2.05, 4.69) is 5.32 Å². The van der Waals surface area contributed by atoms with Crippen molar-refractivity contribution in [3.63, 3.8) is 0 Å². The summed E-state index contributed by atoms with van der Waals surface area (Å²) in [7, 11) is 1.41. The number of benzene rings is 2. The molecule has 6 rings (SSSR count). The third kappa shape index (κ3) is 3.20. The van der Waals surface area contributed by atoms with Crippen LogP contribution in [0.2, 0.25) is 5.02 Å². The van der Waals surface area contributed by atoms with Crippen LogP contribution in [-0.4, -0.2) is 35.8 Å². The van der Waals surface area contributed by atoms with Gasteiger partial charge in [0.1, 0.15) is 5.82 Å². The molecule has 6 unspecified atom stereocenters. The van der Waals surface area contributed by atoms with Gasteiger partial charge in [-0.25, -0.2) is 9.29 Å². The van der Waals surface area contributed by atoms with Gasteiger partial charge in [0.2, 0.25) is 23.6 Å². The zero-order valence-corrected chi connectivity index (χ0v) is 21.3. The fourth-order valence-electron chi connectivity index (χ4n) is 7.05. The average Bonchev–Trinajstić information content (AvgIpc) is 3.29. The lowest BCUT2D eigenvalue weighted by Gasteiger charge is -2.49. The third-order valence-electron chi connectivity index (χ3n) is 8.82. The van der Waals surface area contributed by atoms with Gasteiger partial charge in [0.25, 0.3) is 0 Å². The van der Waals surface area contributed by atoms with Crippen molar-refractivity contribution < 1.29 is 33.4 Å². The number of carbonyl (C=O) groups excluding carboxylic acids is 4. The molecule has 196 valence electrons. The van der Waals surface area contributed by atoms with Crippen LogP contribution < -0.4 is 15.0 Å². The van der Waals surface area contributed by atoms with E-state index in [0.29, 0.717) is 12.0 Å². The fraction of sp³-hybridized carbons (Fsp3) is 0.357. The molecule has 2 aromatic carbocycles. The zero-order valence-electron chi connectivity index (χ0n) is 20.5. The number of allylic oxidation sites excluding steroid dienone is 2. The van der Waals surface area contributed by atoms with Crippen molar-refractivity contribution in [2.24, 2.45) is 29.1 Å². The van der Waals surface area contributed by atoms with Crippen LogP contribution in [0.25, 0.3) is 0 Å². The number of fused-ring (bicyclic) bond motifs is 4. The van der Waals surface area contributed by atoms with Gasteiger partial charge >= 0.3 is 0 Å². The Labute approximate surface area is 222 Å². The van der Waals surface area contributed by atoms with Crippen molar-refractivity contribution in [2.75, 3.05) is 12.0 Å². The van der Waals surface area contributed by atoms with E-state index in [0.717, 1.165) is 16.5 Å². The van der Waals surface area contributed by atoms with E-state index in [1.54, 1.807) is 19.1 Å². The maximum absolute atomic E-state index is 14.2. The molecular formula is C28H24ClFN2O6. The van der Waals surface area contributed by atoms with E-state index >= 15 is 0 Å². The second-order valence-electron chi connectivity index (χ2n) is 10.5. The molecule has 4 amide bonds. The number of hydrogen-bond donors (Lipinski definition) is 2. The molecule has 0 spiro atoms. The van der Waals surface area contributed by atoms with Crippen molar-refractivity contribution >= 4 is 40.9 Å². The quantitative estimate of drug-likeness (QED) is 0.455. The minimum Gasteiger partial charge on any atom is -0.504 e. The van der Waals surface area contributed by atoms with Crippen molar-refractivity contribution in [3.8, 4) is 11.5 Å². The molecule has 3 fully saturated rings. The molecule has 2 N–H and O–H groups in total. The number of phenolic OH excluding ortho intramolecular Hbond substituents is 1. The summed E-state index contributed by atoms with van der Waals surface area (Å²) in [6.45, 7) is 1.73. The summed E-state index contributed by atoms with van der Waals surface area (Å²) in [5.74, 6) is -5.31. The van der Waals surface area contributed by atoms with Gasteiger partial charge in [-0.2, -0.15) is 0 Å². The van der Waals surface area contributed by atoms with Crippen LogP contribution in [0.3, 0.4) is 0 Å². The Morgan fingerprint density at radius 2 is 1.87 bits per heavy atom. The van der Waals surface area contributed by atoms with Gasteiger partial charge < -0.3 is 9.84 Å². The Hall–Kier alpha value is -3.72. The Balaban J connectivity index is 1.54. The highest BCUT2D eigenvalue weighted by Crippen LogP contribution is 2.63. The summed E-state index contributed by atoms with van der Waals surface area (Å²) in [4.78, 5) is 54.6. The Morgan fingerprint density at radius 1 is 1.11 bits per heavy atom. The molecule has 2 aliphatic carbocycles. The van der Waals surface area contributed by atoms with E-state index in [4.69, 9.17) is 16.3 Å². The highest BCUT2D eigenvalue weighted by atomic mass is 35.5. The SMILES string of the molecule is COc1cc(C2C3=CCC4C(=O)NC(=O)C4C3CC3C(=O)N(c4ccc(F)c(Cl)c4)C(=O)C32C)ccc1O. The molecule has 4 aliphatic rings. The smallest absolute Gasteiger partial charge is 0.241 e. The maximum Gasteiger partial charge on any atom is 0.241 e. The fourth-order valence-corrected chi connectivity index (χ4v) is 7.23. The van der Waals surface area contributed by atoms with Crippen LogP contribution in [0.4, 0.5) is 10.1 Å². The summed E-state index contributed by atoms with van der Waals surface area (Å²) in [6, 6.07) is 8.46. The first-order valence-corrected chi connectivity index (χ1v) is 12.7. The highest BCUT2D eigenvalue weighted by Gasteiger charge is 2.67. The molecule has 2 aliphatic heterocycles. The lowest BCUT2D eigenvalue weighted by molar-refractivity contribution is -0.131. The number of nitrogens with one attached hydrogen (secondary N) is 1. The molecule has 10 heteroatoms. The molecule has 0 aromatic heterocycles. The molecule has 8 nitrogen and oxygen atoms in total. The molecule has 0 radical (unpaired) electrons. The molecule has 0 bridgehead atoms. The molecule has 6 atom stereocenters. The predicted molar refractivity (Wildman–Crippen MR) is 134 cm³/mol. The van der Waals surface area contributed by atoms with Crippen molar-refractivity contribution in [2.45, 2.75) is 25.7 Å². The number of anilines is 1. The molecule has 2 aromatic rings. The number of amides is 4. The maximum atomic E-state index is 14.2. The summed E-state index contributed by atoms with van der Waals surface area (Å²) >= 11 is 5.99. The molecule has 2 saturated heterocycles. The highest BCUT2D eigenvalue weighted by molar-refractivity contribution is 6.31. The molecule has 38 heavy (non-hydrogen) atoms. The van der Waals surface area contributed by atoms with E-state index in [-0.39, 0.29) is 40.4 Å². The molecular weight excluding hydrogens is 515 g/mol. The van der Waals surface area contributed by atoms with Gasteiger partial charge in [-0.3, -0.25) is 24.5 Å². The summed E-state index contributed by atoms with van der Waals surface area (Å²) in [5, 5.41) is 12.4. The number of rotatable bonds is 3. The summed E-state index contributed by atoms with van der Waals surface area (Å²) < 4.78 is 19.2. The van der Waals surface area contributed by atoms with Gasteiger partial charge in [0.05, 0.1) is 41.0 Å². The second-order valence-corrected chi connectivity index (χ2v) is 11.0. The van der Waals surface area contributed by atoms with E-state index in [1.807, 2.05) is 6.08 Å². The normalized spacial score (nSPS) is 31.9. The third-order valence-corrected chi connectivity index (χ3v) is 9.11. The van der Waals surface area contributed by atoms with Gasteiger partial charge in [0.15, 0.2) is 11.5 Å². The van der Waals surface area contributed by atoms with Gasteiger partial charge in [-0.05, 0) is 61.6 Å². The first kappa shape index (κ1) is 24.6. The Kier molecular flexibility index (Phi) is 5.43. The molecule has 1 saturated carbocycles. The minimum atomic E-state index is -1.27. The van der Waals surface area contributed by atoms with Gasteiger partial charge in [-0.15, -0.1) is 0 Å². The first-order valence-electron chi connectivity index (χ1n) is 12.3. The second kappa shape index (κ2) is 8.39. The monoisotopic (exact) mass is 538 g/mol. The molecule has 2 heterocycles. The zero-order chi connectivity index (χ0) is 27.1. The van der Waals surface area contributed by atoms with Crippen LogP contribution in [0.5, 0.6) is 11.5 Å². The number of imide groups is 2. The predicted octanol–water partition coefficient (Wildman–Crippen LogP) is 3.71. The number of hydrogen-bond acceptors (Lipinski definition) is 6. The minimum absolute atomic E-state index is 0.0832.